The molecule has 0 spiro atoms. The average Bonchev–Trinajstić information content (AvgIpc) is 2.91. The second kappa shape index (κ2) is 7.31. The van der Waals surface area contributed by atoms with Gasteiger partial charge in [-0.3, -0.25) is 4.90 Å². The lowest BCUT2D eigenvalue weighted by Gasteiger charge is -2.31. The fourth-order valence-electron chi connectivity index (χ4n) is 2.27. The third kappa shape index (κ3) is 3.73. The van der Waals surface area contributed by atoms with E-state index in [1.165, 1.54) is 6.42 Å². The van der Waals surface area contributed by atoms with Gasteiger partial charge >= 0.3 is 0 Å². The van der Waals surface area contributed by atoms with Crippen molar-refractivity contribution in [3.8, 4) is 0 Å². The molecule has 1 aliphatic rings. The molecule has 1 saturated heterocycles. The van der Waals surface area contributed by atoms with Crippen molar-refractivity contribution >= 4 is 11.3 Å². The molecule has 1 aromatic heterocycles. The minimum atomic E-state index is -0.389. The number of nitrogens with zero attached hydrogens (tertiary/aromatic N) is 2. The highest BCUT2D eigenvalue weighted by atomic mass is 32.1. The number of hydrogen-bond acceptors (Lipinski definition) is 6. The molecule has 0 radical (unpaired) electrons. The molecule has 1 fully saturated rings. The number of aromatic nitrogens is 1. The average molecular weight is 286 g/mol. The molecule has 108 valence electrons. The van der Waals surface area contributed by atoms with Crippen LogP contribution in [0.5, 0.6) is 0 Å². The van der Waals surface area contributed by atoms with Crippen molar-refractivity contribution in [3.05, 3.63) is 16.1 Å². The van der Waals surface area contributed by atoms with Crippen LogP contribution in [0.3, 0.4) is 0 Å². The molecule has 1 atom stereocenters. The molecule has 0 N–H and O–H groups in total. The van der Waals surface area contributed by atoms with Crippen LogP contribution in [0.25, 0.3) is 0 Å². The van der Waals surface area contributed by atoms with E-state index in [0.717, 1.165) is 36.9 Å². The van der Waals surface area contributed by atoms with Crippen LogP contribution >= 0.6 is 11.3 Å². The van der Waals surface area contributed by atoms with Crippen LogP contribution in [0.2, 0.25) is 0 Å². The van der Waals surface area contributed by atoms with Gasteiger partial charge in [-0.15, -0.1) is 11.3 Å². The van der Waals surface area contributed by atoms with Gasteiger partial charge in [-0.25, -0.2) is 4.98 Å². The van der Waals surface area contributed by atoms with Crippen molar-refractivity contribution in [1.29, 1.82) is 0 Å². The third-order valence-corrected chi connectivity index (χ3v) is 4.13. The van der Waals surface area contributed by atoms with Crippen molar-refractivity contribution in [3.63, 3.8) is 0 Å². The van der Waals surface area contributed by atoms with Crippen LogP contribution in [-0.4, -0.2) is 50.3 Å². The summed E-state index contributed by atoms with van der Waals surface area (Å²) in [5.74, 6) is 0. The lowest BCUT2D eigenvalue weighted by atomic mass is 10.2. The Balaban J connectivity index is 2.01. The standard InChI is InChI=1S/C13H22N2O3S/c1-4-5-15-6-7-18-11(8-15)12-14-10(9-19-12)13(16-2)17-3/h9,11,13H,4-8H2,1-3H3. The Hall–Kier alpha value is -0.530. The number of hydrogen-bond donors (Lipinski definition) is 0. The first-order valence-corrected chi connectivity index (χ1v) is 7.51. The van der Waals surface area contributed by atoms with Crippen LogP contribution in [-0.2, 0) is 14.2 Å². The minimum absolute atomic E-state index is 0.0772. The molecule has 2 heterocycles. The first kappa shape index (κ1) is 14.9. The van der Waals surface area contributed by atoms with E-state index in [0.29, 0.717) is 0 Å². The van der Waals surface area contributed by atoms with Crippen molar-refractivity contribution in [2.45, 2.75) is 25.7 Å². The summed E-state index contributed by atoms with van der Waals surface area (Å²) in [4.78, 5) is 7.02. The van der Waals surface area contributed by atoms with Gasteiger partial charge in [-0.1, -0.05) is 6.92 Å². The van der Waals surface area contributed by atoms with Crippen molar-refractivity contribution in [2.75, 3.05) is 40.5 Å². The fraction of sp³-hybridized carbons (Fsp3) is 0.769. The molecular weight excluding hydrogens is 264 g/mol. The van der Waals surface area contributed by atoms with E-state index in [4.69, 9.17) is 14.2 Å². The molecular formula is C13H22N2O3S. The van der Waals surface area contributed by atoms with E-state index in [1.807, 2.05) is 5.38 Å². The molecule has 0 amide bonds. The van der Waals surface area contributed by atoms with Crippen molar-refractivity contribution in [2.24, 2.45) is 0 Å². The van der Waals surface area contributed by atoms with Gasteiger partial charge < -0.3 is 14.2 Å². The SMILES string of the molecule is CCCN1CCOC(c2nc(C(OC)OC)cs2)C1. The Morgan fingerprint density at radius 1 is 1.53 bits per heavy atom. The largest absolute Gasteiger partial charge is 0.368 e. The Kier molecular flexibility index (Phi) is 5.72. The predicted molar refractivity (Wildman–Crippen MR) is 74.3 cm³/mol. The molecule has 1 unspecified atom stereocenters. The highest BCUT2D eigenvalue weighted by Gasteiger charge is 2.25. The number of methoxy groups -OCH3 is 2. The molecule has 0 saturated carbocycles. The van der Waals surface area contributed by atoms with Crippen LogP contribution in [0.4, 0.5) is 0 Å². The lowest BCUT2D eigenvalue weighted by molar-refractivity contribution is -0.108. The highest BCUT2D eigenvalue weighted by molar-refractivity contribution is 7.09. The third-order valence-electron chi connectivity index (χ3n) is 3.18. The number of morpholine rings is 1. The Bertz CT molecular complexity index is 380. The molecule has 2 rings (SSSR count). The second-order valence-corrected chi connectivity index (χ2v) is 5.46. The molecule has 1 aliphatic heterocycles. The first-order valence-electron chi connectivity index (χ1n) is 6.63. The van der Waals surface area contributed by atoms with Gasteiger partial charge in [0.05, 0.1) is 6.61 Å². The summed E-state index contributed by atoms with van der Waals surface area (Å²) < 4.78 is 16.3. The number of thiazole rings is 1. The fourth-order valence-corrected chi connectivity index (χ4v) is 3.12. The predicted octanol–water partition coefficient (Wildman–Crippen LogP) is 2.22. The van der Waals surface area contributed by atoms with Crippen LogP contribution in [0, 0.1) is 0 Å². The minimum Gasteiger partial charge on any atom is -0.368 e. The maximum Gasteiger partial charge on any atom is 0.201 e. The van der Waals surface area contributed by atoms with E-state index in [2.05, 4.69) is 16.8 Å². The molecule has 5 nitrogen and oxygen atoms in total. The first-order chi connectivity index (χ1) is 9.28. The van der Waals surface area contributed by atoms with Crippen LogP contribution in [0.1, 0.15) is 36.4 Å². The van der Waals surface area contributed by atoms with Gasteiger partial charge in [0.25, 0.3) is 0 Å². The highest BCUT2D eigenvalue weighted by Crippen LogP contribution is 2.28. The van der Waals surface area contributed by atoms with Crippen molar-refractivity contribution < 1.29 is 14.2 Å². The molecule has 0 aromatic carbocycles. The zero-order valence-corrected chi connectivity index (χ0v) is 12.6. The van der Waals surface area contributed by atoms with Gasteiger partial charge in [0, 0.05) is 32.7 Å². The van der Waals surface area contributed by atoms with Gasteiger partial charge in [-0.05, 0) is 13.0 Å². The second-order valence-electron chi connectivity index (χ2n) is 4.57. The van der Waals surface area contributed by atoms with E-state index in [-0.39, 0.29) is 12.4 Å². The van der Waals surface area contributed by atoms with E-state index < -0.39 is 0 Å². The maximum atomic E-state index is 5.83. The summed E-state index contributed by atoms with van der Waals surface area (Å²) in [6, 6.07) is 0. The summed E-state index contributed by atoms with van der Waals surface area (Å²) in [7, 11) is 3.24. The summed E-state index contributed by atoms with van der Waals surface area (Å²) in [6.45, 7) is 6.04. The molecule has 19 heavy (non-hydrogen) atoms. The smallest absolute Gasteiger partial charge is 0.201 e. The molecule has 0 aliphatic carbocycles. The normalized spacial score (nSPS) is 21.2. The van der Waals surface area contributed by atoms with Crippen LogP contribution in [0.15, 0.2) is 5.38 Å². The molecule has 6 heteroatoms. The van der Waals surface area contributed by atoms with Gasteiger partial charge in [0.2, 0.25) is 6.29 Å². The Morgan fingerprint density at radius 3 is 3.00 bits per heavy atom. The Morgan fingerprint density at radius 2 is 2.32 bits per heavy atom. The summed E-state index contributed by atoms with van der Waals surface area (Å²) in [5, 5.41) is 2.99. The summed E-state index contributed by atoms with van der Waals surface area (Å²) in [6.07, 6.45) is 0.861. The van der Waals surface area contributed by atoms with Gasteiger partial charge in [0.15, 0.2) is 0 Å². The van der Waals surface area contributed by atoms with E-state index in [9.17, 15) is 0 Å². The summed E-state index contributed by atoms with van der Waals surface area (Å²) >= 11 is 1.61. The molecule has 0 bridgehead atoms. The quantitative estimate of drug-likeness (QED) is 0.750. The summed E-state index contributed by atoms with van der Waals surface area (Å²) in [5.41, 5.74) is 0.821. The topological polar surface area (TPSA) is 43.8 Å². The van der Waals surface area contributed by atoms with Crippen molar-refractivity contribution in [1.82, 2.24) is 9.88 Å². The van der Waals surface area contributed by atoms with Crippen LogP contribution < -0.4 is 0 Å². The zero-order valence-electron chi connectivity index (χ0n) is 11.8. The van der Waals surface area contributed by atoms with E-state index in [1.54, 1.807) is 25.6 Å². The molecule has 1 aromatic rings. The van der Waals surface area contributed by atoms with Gasteiger partial charge in [-0.2, -0.15) is 0 Å². The number of ether oxygens (including phenoxy) is 3. The van der Waals surface area contributed by atoms with Gasteiger partial charge in [0.1, 0.15) is 16.8 Å². The monoisotopic (exact) mass is 286 g/mol. The Labute approximate surface area is 118 Å². The number of rotatable bonds is 6. The maximum absolute atomic E-state index is 5.83. The lowest BCUT2D eigenvalue weighted by Crippen LogP contribution is -2.38. The van der Waals surface area contributed by atoms with E-state index >= 15 is 0 Å². The zero-order chi connectivity index (χ0) is 13.7.